The number of hydrogen-bond acceptors (Lipinski definition) is 5. The lowest BCUT2D eigenvalue weighted by atomic mass is 10.0. The smallest absolute Gasteiger partial charge is 0.346 e. The summed E-state index contributed by atoms with van der Waals surface area (Å²) in [5.74, 6) is -5.61. The van der Waals surface area contributed by atoms with Gasteiger partial charge in [0.2, 0.25) is 0 Å². The molecule has 1 aromatic carbocycles. The van der Waals surface area contributed by atoms with Crippen LogP contribution >= 0.6 is 15.2 Å². The fourth-order valence-electron chi connectivity index (χ4n) is 2.57. The van der Waals surface area contributed by atoms with Crippen LogP contribution in [0.3, 0.4) is 0 Å². The van der Waals surface area contributed by atoms with E-state index in [-0.39, 0.29) is 12.2 Å². The van der Waals surface area contributed by atoms with Crippen molar-refractivity contribution < 1.29 is 43.7 Å². The highest BCUT2D eigenvalue weighted by atomic mass is 31.2. The number of phenolic OH excluding ortho intramolecular Hbond substituents is 1. The number of benzene rings is 1. The second-order valence-corrected chi connectivity index (χ2v) is 9.06. The van der Waals surface area contributed by atoms with Crippen LogP contribution in [-0.2, 0) is 20.3 Å². The fourth-order valence-corrected chi connectivity index (χ4v) is 4.52. The summed E-state index contributed by atoms with van der Waals surface area (Å²) in [4.78, 5) is 50.7. The molecule has 0 heterocycles. The van der Waals surface area contributed by atoms with Crippen LogP contribution in [0.25, 0.3) is 0 Å². The van der Waals surface area contributed by atoms with E-state index in [1.54, 1.807) is 0 Å². The first-order valence-corrected chi connectivity index (χ1v) is 10.8. The minimum absolute atomic E-state index is 0.0825. The van der Waals surface area contributed by atoms with Gasteiger partial charge in [0, 0.05) is 0 Å². The number of hydrogen-bond donors (Lipinski definition) is 6. The average molecular weight is 421 g/mol. The van der Waals surface area contributed by atoms with Crippen LogP contribution in [0.5, 0.6) is 5.75 Å². The zero-order chi connectivity index (χ0) is 21.0. The van der Waals surface area contributed by atoms with Crippen molar-refractivity contribution in [3.8, 4) is 5.75 Å². The van der Waals surface area contributed by atoms with Crippen molar-refractivity contribution in [2.75, 3.05) is 0 Å². The summed E-state index contributed by atoms with van der Waals surface area (Å²) in [6, 6.07) is 3.58. The first-order chi connectivity index (χ1) is 12.3. The number of carbonyl (C=O) groups is 1. The van der Waals surface area contributed by atoms with Crippen molar-refractivity contribution >= 4 is 21.2 Å². The van der Waals surface area contributed by atoms with Gasteiger partial charge in [-0.25, -0.2) is 0 Å². The Balaban J connectivity index is 3.54. The quantitative estimate of drug-likeness (QED) is 0.237. The largest absolute Gasteiger partial charge is 0.508 e. The van der Waals surface area contributed by atoms with Crippen LogP contribution in [0.4, 0.5) is 0 Å². The standard InChI is InChI=1S/C15H21NO9P2/c1-3-13(26(20,21)22)16(14(4-2)27(23,24)25)12(15(18)19)9-10-5-7-11(17)8-6-10/h3-8,12-14,17H,1-2,9H2,(H,18,19)(H2,20,21,22)(H2,23,24,25). The van der Waals surface area contributed by atoms with Gasteiger partial charge in [0.25, 0.3) is 0 Å². The molecule has 0 aliphatic heterocycles. The Morgan fingerprint density at radius 1 is 1.00 bits per heavy atom. The summed E-state index contributed by atoms with van der Waals surface area (Å²) in [6.07, 6.45) is 1.11. The van der Waals surface area contributed by atoms with E-state index < -0.39 is 38.8 Å². The maximum Gasteiger partial charge on any atom is 0.346 e. The Labute approximate surface area is 155 Å². The van der Waals surface area contributed by atoms with Crippen molar-refractivity contribution in [3.05, 3.63) is 55.1 Å². The van der Waals surface area contributed by atoms with Crippen LogP contribution in [0.15, 0.2) is 49.6 Å². The van der Waals surface area contributed by atoms with E-state index >= 15 is 0 Å². The van der Waals surface area contributed by atoms with Crippen LogP contribution in [-0.4, -0.2) is 58.3 Å². The molecule has 150 valence electrons. The number of carboxylic acids is 1. The average Bonchev–Trinajstić information content (AvgIpc) is 2.51. The summed E-state index contributed by atoms with van der Waals surface area (Å²) in [5.41, 5.74) is 0.354. The highest BCUT2D eigenvalue weighted by Gasteiger charge is 2.47. The lowest BCUT2D eigenvalue weighted by Crippen LogP contribution is -2.52. The predicted molar refractivity (Wildman–Crippen MR) is 97.1 cm³/mol. The van der Waals surface area contributed by atoms with Gasteiger partial charge in [-0.15, -0.1) is 13.2 Å². The van der Waals surface area contributed by atoms with Gasteiger partial charge in [0.15, 0.2) is 0 Å². The number of nitrogens with zero attached hydrogens (tertiary/aromatic N) is 1. The van der Waals surface area contributed by atoms with Crippen LogP contribution in [0, 0.1) is 0 Å². The summed E-state index contributed by atoms with van der Waals surface area (Å²) in [5, 5.41) is 18.9. The molecule has 3 atom stereocenters. The van der Waals surface area contributed by atoms with E-state index in [0.29, 0.717) is 10.5 Å². The molecular weight excluding hydrogens is 400 g/mol. The third kappa shape index (κ3) is 6.12. The molecule has 0 fully saturated rings. The number of aromatic hydroxyl groups is 1. The molecular formula is C15H21NO9P2. The van der Waals surface area contributed by atoms with Gasteiger partial charge in [-0.05, 0) is 24.1 Å². The van der Waals surface area contributed by atoms with Gasteiger partial charge in [-0.1, -0.05) is 24.3 Å². The van der Waals surface area contributed by atoms with Crippen molar-refractivity contribution in [1.82, 2.24) is 4.90 Å². The van der Waals surface area contributed by atoms with E-state index in [2.05, 4.69) is 13.2 Å². The molecule has 10 nitrogen and oxygen atoms in total. The van der Waals surface area contributed by atoms with Crippen LogP contribution in [0.1, 0.15) is 5.56 Å². The van der Waals surface area contributed by atoms with Crippen molar-refractivity contribution in [3.63, 3.8) is 0 Å². The van der Waals surface area contributed by atoms with Gasteiger partial charge in [-0.3, -0.25) is 18.8 Å². The molecule has 1 aromatic rings. The molecule has 0 aromatic heterocycles. The van der Waals surface area contributed by atoms with E-state index in [1.165, 1.54) is 24.3 Å². The summed E-state index contributed by atoms with van der Waals surface area (Å²) < 4.78 is 23.7. The Bertz CT molecular complexity index is 749. The Morgan fingerprint density at radius 2 is 1.41 bits per heavy atom. The Morgan fingerprint density at radius 3 is 1.70 bits per heavy atom. The van der Waals surface area contributed by atoms with Gasteiger partial charge in [-0.2, -0.15) is 0 Å². The SMILES string of the molecule is C=CC(N(C(Cc1ccc(O)cc1)C(=O)O)C(C=C)P(=O)(O)O)P(=O)(O)O. The van der Waals surface area contributed by atoms with Gasteiger partial charge >= 0.3 is 21.2 Å². The molecule has 0 saturated heterocycles. The Hall–Kier alpha value is -1.77. The van der Waals surface area contributed by atoms with Crippen molar-refractivity contribution in [1.29, 1.82) is 0 Å². The maximum atomic E-state index is 11.8. The molecule has 0 amide bonds. The third-order valence-corrected chi connectivity index (χ3v) is 6.07. The molecule has 12 heteroatoms. The van der Waals surface area contributed by atoms with E-state index in [4.69, 9.17) is 0 Å². The molecule has 1 rings (SSSR count). The highest BCUT2D eigenvalue weighted by molar-refractivity contribution is 7.53. The minimum Gasteiger partial charge on any atom is -0.508 e. The molecule has 0 bridgehead atoms. The van der Waals surface area contributed by atoms with Crippen molar-refractivity contribution in [2.45, 2.75) is 24.0 Å². The third-order valence-electron chi connectivity index (χ3n) is 3.73. The lowest BCUT2D eigenvalue weighted by Gasteiger charge is -2.39. The van der Waals surface area contributed by atoms with Crippen LogP contribution in [0.2, 0.25) is 0 Å². The summed E-state index contributed by atoms with van der Waals surface area (Å²) in [6.45, 7) is 6.52. The van der Waals surface area contributed by atoms with Crippen molar-refractivity contribution in [2.24, 2.45) is 0 Å². The molecule has 0 aliphatic carbocycles. The zero-order valence-electron chi connectivity index (χ0n) is 14.1. The first kappa shape index (κ1) is 23.3. The molecule has 0 spiro atoms. The summed E-state index contributed by atoms with van der Waals surface area (Å²) >= 11 is 0. The van der Waals surface area contributed by atoms with Gasteiger partial charge < -0.3 is 29.8 Å². The maximum absolute atomic E-state index is 11.8. The second-order valence-electron chi connectivity index (χ2n) is 5.65. The minimum atomic E-state index is -5.06. The summed E-state index contributed by atoms with van der Waals surface area (Å²) in [7, 11) is -10.1. The molecule has 0 aliphatic rings. The van der Waals surface area contributed by atoms with E-state index in [9.17, 15) is 43.7 Å². The van der Waals surface area contributed by atoms with Gasteiger partial charge in [0.1, 0.15) is 23.4 Å². The van der Waals surface area contributed by atoms with Crippen LogP contribution < -0.4 is 0 Å². The van der Waals surface area contributed by atoms with Gasteiger partial charge in [0.05, 0.1) is 0 Å². The molecule has 6 N–H and O–H groups in total. The molecule has 0 saturated carbocycles. The number of rotatable bonds is 10. The van der Waals surface area contributed by atoms with E-state index in [0.717, 1.165) is 12.2 Å². The Kier molecular flexibility index (Phi) is 7.71. The number of aliphatic carboxylic acids is 1. The van der Waals surface area contributed by atoms with E-state index in [1.807, 2.05) is 0 Å². The molecule has 3 unspecified atom stereocenters. The zero-order valence-corrected chi connectivity index (χ0v) is 15.9. The monoisotopic (exact) mass is 421 g/mol. The highest BCUT2D eigenvalue weighted by Crippen LogP contribution is 2.52. The second kappa shape index (κ2) is 8.95. The normalized spacial score (nSPS) is 15.7. The number of phenols is 1. The number of carboxylic acid groups (broad SMARTS) is 1. The molecule has 27 heavy (non-hydrogen) atoms. The molecule has 0 radical (unpaired) electrons. The fraction of sp³-hybridized carbons (Fsp3) is 0.267. The topological polar surface area (TPSA) is 176 Å². The lowest BCUT2D eigenvalue weighted by molar-refractivity contribution is -0.143. The predicted octanol–water partition coefficient (Wildman–Crippen LogP) is 1.07. The first-order valence-electron chi connectivity index (χ1n) is 7.46.